The zero-order valence-corrected chi connectivity index (χ0v) is 15.2. The molecule has 1 aromatic heterocycles. The number of fused-ring (bicyclic) bond motifs is 1. The number of nitrogens with one attached hydrogen (secondary N) is 1. The number of aromatic nitrogens is 2. The second-order valence-electron chi connectivity index (χ2n) is 6.07. The number of anilines is 1. The lowest BCUT2D eigenvalue weighted by Gasteiger charge is -2.20. The van der Waals surface area contributed by atoms with Gasteiger partial charge in [-0.2, -0.15) is 0 Å². The maximum absolute atomic E-state index is 10.4. The SMILES string of the molecule is CCCCNc1nc2cc(Cl)c(Cl)cc2n1[C@@H]1O[C@H](CO)[C@@H](O)[C@H]1O. The molecule has 1 aliphatic heterocycles. The minimum absolute atomic E-state index is 0.349. The van der Waals surface area contributed by atoms with Gasteiger partial charge in [0.1, 0.15) is 18.3 Å². The fraction of sp³-hybridized carbons (Fsp3) is 0.562. The smallest absolute Gasteiger partial charge is 0.206 e. The summed E-state index contributed by atoms with van der Waals surface area (Å²) in [6, 6.07) is 3.29. The largest absolute Gasteiger partial charge is 0.394 e. The first-order valence-electron chi connectivity index (χ1n) is 8.21. The van der Waals surface area contributed by atoms with Crippen molar-refractivity contribution in [3.05, 3.63) is 22.2 Å². The van der Waals surface area contributed by atoms with E-state index >= 15 is 0 Å². The second kappa shape index (κ2) is 7.65. The van der Waals surface area contributed by atoms with Crippen LogP contribution in [0.3, 0.4) is 0 Å². The van der Waals surface area contributed by atoms with Crippen molar-refractivity contribution in [2.75, 3.05) is 18.5 Å². The Kier molecular flexibility index (Phi) is 5.72. The molecule has 7 nitrogen and oxygen atoms in total. The number of nitrogens with zero attached hydrogens (tertiary/aromatic N) is 2. The Bertz CT molecular complexity index is 755. The van der Waals surface area contributed by atoms with Crippen molar-refractivity contribution in [3.63, 3.8) is 0 Å². The summed E-state index contributed by atoms with van der Waals surface area (Å²) >= 11 is 12.2. The molecule has 1 saturated heterocycles. The summed E-state index contributed by atoms with van der Waals surface area (Å²) < 4.78 is 7.31. The molecule has 1 aliphatic rings. The number of rotatable bonds is 6. The zero-order chi connectivity index (χ0) is 18.1. The third kappa shape index (κ3) is 3.45. The van der Waals surface area contributed by atoms with Crippen LogP contribution in [0.1, 0.15) is 26.0 Å². The molecule has 0 bridgehead atoms. The van der Waals surface area contributed by atoms with Gasteiger partial charge in [-0.15, -0.1) is 0 Å². The molecule has 0 saturated carbocycles. The van der Waals surface area contributed by atoms with Gasteiger partial charge in [0, 0.05) is 6.54 Å². The van der Waals surface area contributed by atoms with E-state index in [4.69, 9.17) is 27.9 Å². The van der Waals surface area contributed by atoms with Gasteiger partial charge in [-0.05, 0) is 18.6 Å². The normalized spacial score (nSPS) is 26.5. The Balaban J connectivity index is 2.07. The molecule has 3 rings (SSSR count). The third-order valence-corrected chi connectivity index (χ3v) is 5.04. The van der Waals surface area contributed by atoms with Crippen molar-refractivity contribution >= 4 is 40.2 Å². The van der Waals surface area contributed by atoms with Gasteiger partial charge >= 0.3 is 0 Å². The Morgan fingerprint density at radius 3 is 2.60 bits per heavy atom. The summed E-state index contributed by atoms with van der Waals surface area (Å²) in [6.07, 6.45) is -2.23. The van der Waals surface area contributed by atoms with Crippen LogP contribution in [0.2, 0.25) is 10.0 Å². The first kappa shape index (κ1) is 18.7. The molecular weight excluding hydrogens is 369 g/mol. The van der Waals surface area contributed by atoms with E-state index in [-0.39, 0.29) is 0 Å². The van der Waals surface area contributed by atoms with Gasteiger partial charge in [0.05, 0.1) is 27.7 Å². The Morgan fingerprint density at radius 2 is 1.96 bits per heavy atom. The van der Waals surface area contributed by atoms with E-state index in [1.807, 2.05) is 0 Å². The lowest BCUT2D eigenvalue weighted by molar-refractivity contribution is -0.0499. The van der Waals surface area contributed by atoms with Crippen molar-refractivity contribution in [2.45, 2.75) is 44.3 Å². The van der Waals surface area contributed by atoms with Crippen LogP contribution < -0.4 is 5.32 Å². The number of unbranched alkanes of at least 4 members (excludes halogenated alkanes) is 1. The highest BCUT2D eigenvalue weighted by atomic mass is 35.5. The molecule has 2 heterocycles. The van der Waals surface area contributed by atoms with Crippen LogP contribution in [-0.2, 0) is 4.74 Å². The Morgan fingerprint density at radius 1 is 1.24 bits per heavy atom. The summed E-state index contributed by atoms with van der Waals surface area (Å²) in [5.41, 5.74) is 1.20. The van der Waals surface area contributed by atoms with Crippen LogP contribution in [0, 0.1) is 0 Å². The maximum Gasteiger partial charge on any atom is 0.206 e. The van der Waals surface area contributed by atoms with Crippen LogP contribution in [-0.4, -0.2) is 56.3 Å². The van der Waals surface area contributed by atoms with Crippen LogP contribution in [0.5, 0.6) is 0 Å². The molecule has 1 aromatic carbocycles. The average molecular weight is 390 g/mol. The minimum atomic E-state index is -1.21. The van der Waals surface area contributed by atoms with Gasteiger partial charge in [0.2, 0.25) is 5.95 Å². The molecule has 4 atom stereocenters. The molecule has 4 N–H and O–H groups in total. The standard InChI is InChI=1S/C16H21Cl2N3O4/c1-2-3-4-19-16-20-10-5-8(17)9(18)6-11(10)21(16)15-14(24)13(23)12(7-22)25-15/h5-6,12-15,22-24H,2-4,7H2,1H3,(H,19,20)/t12-,13-,14-,15-/m1/s1. The Labute approximate surface area is 155 Å². The van der Waals surface area contributed by atoms with Crippen LogP contribution in [0.15, 0.2) is 12.1 Å². The van der Waals surface area contributed by atoms with Gasteiger partial charge in [-0.1, -0.05) is 36.5 Å². The highest BCUT2D eigenvalue weighted by Crippen LogP contribution is 2.37. The first-order chi connectivity index (χ1) is 12.0. The van der Waals surface area contributed by atoms with E-state index < -0.39 is 31.1 Å². The lowest BCUT2D eigenvalue weighted by atomic mass is 10.1. The molecule has 9 heteroatoms. The van der Waals surface area contributed by atoms with Gasteiger partial charge in [-0.25, -0.2) is 4.98 Å². The zero-order valence-electron chi connectivity index (χ0n) is 13.7. The molecule has 0 amide bonds. The summed E-state index contributed by atoms with van der Waals surface area (Å²) in [5, 5.41) is 33.7. The lowest BCUT2D eigenvalue weighted by Crippen LogP contribution is -2.33. The number of hydrogen-bond donors (Lipinski definition) is 4. The van der Waals surface area contributed by atoms with Gasteiger partial charge in [0.15, 0.2) is 6.23 Å². The second-order valence-corrected chi connectivity index (χ2v) is 6.88. The summed E-state index contributed by atoms with van der Waals surface area (Å²) in [6.45, 7) is 2.37. The van der Waals surface area contributed by atoms with E-state index in [0.29, 0.717) is 33.6 Å². The van der Waals surface area contributed by atoms with Crippen molar-refractivity contribution in [3.8, 4) is 0 Å². The summed E-state index contributed by atoms with van der Waals surface area (Å²) in [5.74, 6) is 0.483. The molecule has 25 heavy (non-hydrogen) atoms. The molecule has 0 aliphatic carbocycles. The number of hydrogen-bond acceptors (Lipinski definition) is 6. The monoisotopic (exact) mass is 389 g/mol. The highest BCUT2D eigenvalue weighted by molar-refractivity contribution is 6.42. The number of ether oxygens (including phenoxy) is 1. The van der Waals surface area contributed by atoms with Crippen molar-refractivity contribution in [2.24, 2.45) is 0 Å². The van der Waals surface area contributed by atoms with E-state index in [2.05, 4.69) is 17.2 Å². The summed E-state index contributed by atoms with van der Waals surface area (Å²) in [7, 11) is 0. The number of aliphatic hydroxyl groups is 3. The molecule has 1 fully saturated rings. The van der Waals surface area contributed by atoms with Crippen LogP contribution in [0.4, 0.5) is 5.95 Å². The van der Waals surface area contributed by atoms with Crippen LogP contribution in [0.25, 0.3) is 11.0 Å². The number of benzene rings is 1. The van der Waals surface area contributed by atoms with Gasteiger partial charge < -0.3 is 25.4 Å². The van der Waals surface area contributed by atoms with Crippen molar-refractivity contribution < 1.29 is 20.1 Å². The quantitative estimate of drug-likeness (QED) is 0.565. The predicted octanol–water partition coefficient (Wildman–Crippen LogP) is 2.17. The fourth-order valence-corrected chi connectivity index (χ4v) is 3.26. The molecule has 2 aromatic rings. The van der Waals surface area contributed by atoms with E-state index in [9.17, 15) is 15.3 Å². The van der Waals surface area contributed by atoms with Gasteiger partial charge in [-0.3, -0.25) is 4.57 Å². The average Bonchev–Trinajstić information content (AvgIpc) is 3.06. The van der Waals surface area contributed by atoms with E-state index in [1.165, 1.54) is 0 Å². The molecule has 0 radical (unpaired) electrons. The predicted molar refractivity (Wildman–Crippen MR) is 96.2 cm³/mol. The molecular formula is C16H21Cl2N3O4. The van der Waals surface area contributed by atoms with Crippen molar-refractivity contribution in [1.82, 2.24) is 9.55 Å². The molecule has 0 spiro atoms. The minimum Gasteiger partial charge on any atom is -0.394 e. The highest BCUT2D eigenvalue weighted by Gasteiger charge is 2.44. The van der Waals surface area contributed by atoms with E-state index in [0.717, 1.165) is 12.8 Å². The van der Waals surface area contributed by atoms with Crippen LogP contribution >= 0.6 is 23.2 Å². The number of halogens is 2. The molecule has 0 unspecified atom stereocenters. The van der Waals surface area contributed by atoms with E-state index in [1.54, 1.807) is 16.7 Å². The van der Waals surface area contributed by atoms with Crippen molar-refractivity contribution in [1.29, 1.82) is 0 Å². The Hall–Kier alpha value is -1.09. The fourth-order valence-electron chi connectivity index (χ4n) is 2.94. The topological polar surface area (TPSA) is 99.8 Å². The number of aliphatic hydroxyl groups excluding tert-OH is 3. The van der Waals surface area contributed by atoms with Gasteiger partial charge in [0.25, 0.3) is 0 Å². The molecule has 138 valence electrons. The summed E-state index contributed by atoms with van der Waals surface area (Å²) in [4.78, 5) is 4.51. The third-order valence-electron chi connectivity index (χ3n) is 4.32. The maximum atomic E-state index is 10.4. The number of imidazole rings is 1. The first-order valence-corrected chi connectivity index (χ1v) is 8.96.